The van der Waals surface area contributed by atoms with Crippen molar-refractivity contribution in [3.8, 4) is 5.69 Å². The fourth-order valence-corrected chi connectivity index (χ4v) is 2.53. The van der Waals surface area contributed by atoms with Crippen molar-refractivity contribution >= 4 is 11.8 Å². The number of nitrogens with one attached hydrogen (secondary N) is 2. The summed E-state index contributed by atoms with van der Waals surface area (Å²) in [6.07, 6.45) is 1.69. The highest BCUT2D eigenvalue weighted by Gasteiger charge is 2.10. The van der Waals surface area contributed by atoms with Gasteiger partial charge in [0.15, 0.2) is 5.69 Å². The van der Waals surface area contributed by atoms with E-state index in [9.17, 15) is 18.4 Å². The molecular weight excluding hydrogens is 366 g/mol. The second-order valence-corrected chi connectivity index (χ2v) is 6.03. The molecular formula is C20H18F2N4O2. The molecule has 0 fully saturated rings. The molecule has 8 heteroatoms. The molecule has 6 nitrogen and oxygen atoms in total. The molecule has 2 amide bonds. The SMILES string of the molecule is O=C(Cc1ccc(F)cc1)NCCNC(=O)c1ccn(-c2cccc(F)c2)n1. The first-order chi connectivity index (χ1) is 13.5. The van der Waals surface area contributed by atoms with Gasteiger partial charge in [0.25, 0.3) is 5.91 Å². The third kappa shape index (κ3) is 5.23. The quantitative estimate of drug-likeness (QED) is 0.614. The Hall–Kier alpha value is -3.55. The van der Waals surface area contributed by atoms with Crippen molar-refractivity contribution in [2.75, 3.05) is 13.1 Å². The van der Waals surface area contributed by atoms with E-state index >= 15 is 0 Å². The van der Waals surface area contributed by atoms with Crippen LogP contribution in [-0.4, -0.2) is 34.7 Å². The molecule has 2 N–H and O–H groups in total. The van der Waals surface area contributed by atoms with Crippen LogP contribution in [0.4, 0.5) is 8.78 Å². The summed E-state index contributed by atoms with van der Waals surface area (Å²) in [5.41, 5.74) is 1.39. The Morgan fingerprint density at radius 3 is 2.43 bits per heavy atom. The molecule has 2 aromatic carbocycles. The average molecular weight is 384 g/mol. The second-order valence-electron chi connectivity index (χ2n) is 6.03. The summed E-state index contributed by atoms with van der Waals surface area (Å²) in [6.45, 7) is 0.469. The van der Waals surface area contributed by atoms with Gasteiger partial charge in [-0.25, -0.2) is 13.5 Å². The molecule has 0 bridgehead atoms. The Balaban J connectivity index is 1.43. The molecule has 0 aliphatic carbocycles. The Kier molecular flexibility index (Phi) is 6.11. The summed E-state index contributed by atoms with van der Waals surface area (Å²) in [7, 11) is 0. The van der Waals surface area contributed by atoms with E-state index in [1.165, 1.54) is 35.0 Å². The average Bonchev–Trinajstić information content (AvgIpc) is 3.17. The molecule has 1 aromatic heterocycles. The summed E-state index contributed by atoms with van der Waals surface area (Å²) in [6, 6.07) is 13.1. The number of amides is 2. The van der Waals surface area contributed by atoms with Crippen molar-refractivity contribution < 1.29 is 18.4 Å². The zero-order chi connectivity index (χ0) is 19.9. The molecule has 0 radical (unpaired) electrons. The number of hydrogen-bond acceptors (Lipinski definition) is 3. The van der Waals surface area contributed by atoms with Gasteiger partial charge in [0, 0.05) is 19.3 Å². The number of carbonyl (C=O) groups is 2. The smallest absolute Gasteiger partial charge is 0.271 e. The summed E-state index contributed by atoms with van der Waals surface area (Å²) < 4.78 is 27.5. The molecule has 3 rings (SSSR count). The number of nitrogens with zero attached hydrogens (tertiary/aromatic N) is 2. The maximum absolute atomic E-state index is 13.3. The van der Waals surface area contributed by atoms with Crippen LogP contribution in [0.2, 0.25) is 0 Å². The normalized spacial score (nSPS) is 10.5. The number of benzene rings is 2. The van der Waals surface area contributed by atoms with Gasteiger partial charge in [-0.1, -0.05) is 18.2 Å². The number of hydrogen-bond donors (Lipinski definition) is 2. The van der Waals surface area contributed by atoms with Crippen LogP contribution in [0.15, 0.2) is 60.8 Å². The van der Waals surface area contributed by atoms with Crippen LogP contribution in [0.3, 0.4) is 0 Å². The van der Waals surface area contributed by atoms with Gasteiger partial charge in [0.2, 0.25) is 5.91 Å². The predicted molar refractivity (Wildman–Crippen MR) is 99.0 cm³/mol. The highest BCUT2D eigenvalue weighted by atomic mass is 19.1. The molecule has 28 heavy (non-hydrogen) atoms. The minimum Gasteiger partial charge on any atom is -0.354 e. The zero-order valence-corrected chi connectivity index (χ0v) is 14.9. The van der Waals surface area contributed by atoms with E-state index in [0.717, 1.165) is 0 Å². The monoisotopic (exact) mass is 384 g/mol. The van der Waals surface area contributed by atoms with Gasteiger partial charge in [0.05, 0.1) is 12.1 Å². The Bertz CT molecular complexity index is 970. The first kappa shape index (κ1) is 19.2. The number of rotatable bonds is 7. The summed E-state index contributed by atoms with van der Waals surface area (Å²) in [5.74, 6) is -1.37. The van der Waals surface area contributed by atoms with E-state index < -0.39 is 11.7 Å². The van der Waals surface area contributed by atoms with Gasteiger partial charge in [-0.05, 0) is 42.0 Å². The van der Waals surface area contributed by atoms with Crippen molar-refractivity contribution in [3.05, 3.63) is 83.7 Å². The molecule has 0 atom stereocenters. The van der Waals surface area contributed by atoms with Gasteiger partial charge in [-0.15, -0.1) is 0 Å². The molecule has 144 valence electrons. The van der Waals surface area contributed by atoms with Crippen LogP contribution in [0.25, 0.3) is 5.69 Å². The summed E-state index contributed by atoms with van der Waals surface area (Å²) in [5, 5.41) is 9.44. The number of aromatic nitrogens is 2. The van der Waals surface area contributed by atoms with Gasteiger partial charge < -0.3 is 10.6 Å². The molecule has 0 unspecified atom stereocenters. The zero-order valence-electron chi connectivity index (χ0n) is 14.9. The maximum atomic E-state index is 13.3. The lowest BCUT2D eigenvalue weighted by Gasteiger charge is -2.06. The largest absolute Gasteiger partial charge is 0.354 e. The van der Waals surface area contributed by atoms with Crippen molar-refractivity contribution in [2.45, 2.75) is 6.42 Å². The fourth-order valence-electron chi connectivity index (χ4n) is 2.53. The molecule has 0 saturated heterocycles. The van der Waals surface area contributed by atoms with E-state index in [1.807, 2.05) is 0 Å². The lowest BCUT2D eigenvalue weighted by atomic mass is 10.1. The van der Waals surface area contributed by atoms with Crippen molar-refractivity contribution in [2.24, 2.45) is 0 Å². The van der Waals surface area contributed by atoms with Crippen LogP contribution in [0.5, 0.6) is 0 Å². The van der Waals surface area contributed by atoms with E-state index in [4.69, 9.17) is 0 Å². The Labute approximate surface area is 160 Å². The van der Waals surface area contributed by atoms with E-state index in [2.05, 4.69) is 15.7 Å². The Morgan fingerprint density at radius 1 is 0.929 bits per heavy atom. The molecule has 0 aliphatic rings. The van der Waals surface area contributed by atoms with Crippen molar-refractivity contribution in [1.82, 2.24) is 20.4 Å². The summed E-state index contributed by atoms with van der Waals surface area (Å²) >= 11 is 0. The van der Waals surface area contributed by atoms with Gasteiger partial charge in [-0.3, -0.25) is 9.59 Å². The molecule has 0 aliphatic heterocycles. The lowest BCUT2D eigenvalue weighted by molar-refractivity contribution is -0.120. The molecule has 3 aromatic rings. The molecule has 1 heterocycles. The molecule has 0 saturated carbocycles. The van der Waals surface area contributed by atoms with Crippen LogP contribution in [0, 0.1) is 11.6 Å². The predicted octanol–water partition coefficient (Wildman–Crippen LogP) is 2.24. The topological polar surface area (TPSA) is 76.0 Å². The standard InChI is InChI=1S/C20H18F2N4O2/c21-15-6-4-14(5-7-15)12-19(27)23-9-10-24-20(28)18-8-11-26(25-18)17-3-1-2-16(22)13-17/h1-8,11,13H,9-10,12H2,(H,23,27)(H,24,28). The lowest BCUT2D eigenvalue weighted by Crippen LogP contribution is -2.35. The van der Waals surface area contributed by atoms with Crippen molar-refractivity contribution in [1.29, 1.82) is 0 Å². The first-order valence-electron chi connectivity index (χ1n) is 8.62. The van der Waals surface area contributed by atoms with Crippen LogP contribution >= 0.6 is 0 Å². The van der Waals surface area contributed by atoms with Gasteiger partial charge in [0.1, 0.15) is 11.6 Å². The molecule has 0 spiro atoms. The fraction of sp³-hybridized carbons (Fsp3) is 0.150. The van der Waals surface area contributed by atoms with E-state index in [0.29, 0.717) is 11.3 Å². The first-order valence-corrected chi connectivity index (χ1v) is 8.62. The van der Waals surface area contributed by atoms with E-state index in [-0.39, 0.29) is 36.9 Å². The van der Waals surface area contributed by atoms with Crippen molar-refractivity contribution in [3.63, 3.8) is 0 Å². The Morgan fingerprint density at radius 2 is 1.68 bits per heavy atom. The maximum Gasteiger partial charge on any atom is 0.271 e. The minimum atomic E-state index is -0.400. The van der Waals surface area contributed by atoms with E-state index in [1.54, 1.807) is 30.5 Å². The third-order valence-electron chi connectivity index (χ3n) is 3.91. The summed E-state index contributed by atoms with van der Waals surface area (Å²) in [4.78, 5) is 24.0. The van der Waals surface area contributed by atoms with Crippen LogP contribution in [0.1, 0.15) is 16.1 Å². The van der Waals surface area contributed by atoms with Gasteiger partial charge >= 0.3 is 0 Å². The highest BCUT2D eigenvalue weighted by Crippen LogP contribution is 2.09. The number of halogens is 2. The highest BCUT2D eigenvalue weighted by molar-refractivity contribution is 5.92. The van der Waals surface area contributed by atoms with Gasteiger partial charge in [-0.2, -0.15) is 5.10 Å². The second kappa shape index (κ2) is 8.90. The van der Waals surface area contributed by atoms with Crippen LogP contribution in [-0.2, 0) is 11.2 Å². The van der Waals surface area contributed by atoms with Crippen LogP contribution < -0.4 is 10.6 Å². The minimum absolute atomic E-state index is 0.131. The number of carbonyl (C=O) groups excluding carboxylic acids is 2. The third-order valence-corrected chi connectivity index (χ3v) is 3.91.